The first kappa shape index (κ1) is 13.1. The van der Waals surface area contributed by atoms with Crippen molar-refractivity contribution >= 4 is 23.3 Å². The lowest BCUT2D eigenvalue weighted by atomic mass is 9.83. The Labute approximate surface area is 109 Å². The van der Waals surface area contributed by atoms with Crippen LogP contribution in [0.15, 0.2) is 4.99 Å². The van der Waals surface area contributed by atoms with E-state index in [4.69, 9.17) is 0 Å². The molecule has 1 heterocycles. The highest BCUT2D eigenvalue weighted by Gasteiger charge is 2.41. The molecule has 7 nitrogen and oxygen atoms in total. The van der Waals surface area contributed by atoms with Crippen LogP contribution in [0, 0.1) is 34.1 Å². The van der Waals surface area contributed by atoms with Gasteiger partial charge in [0.2, 0.25) is 0 Å². The molecule has 0 aromatic heterocycles. The molecule has 0 N–H and O–H groups in total. The van der Waals surface area contributed by atoms with Gasteiger partial charge < -0.3 is 0 Å². The summed E-state index contributed by atoms with van der Waals surface area (Å²) < 4.78 is 0. The molecule has 0 saturated heterocycles. The van der Waals surface area contributed by atoms with Crippen molar-refractivity contribution in [3.8, 4) is 0 Å². The van der Waals surface area contributed by atoms with E-state index in [1.54, 1.807) is 27.0 Å². The van der Waals surface area contributed by atoms with Gasteiger partial charge in [-0.1, -0.05) is 13.8 Å². The molecule has 0 fully saturated rings. The average Bonchev–Trinajstić information content (AvgIpc) is 2.54. The molecule has 1 aromatic rings. The predicted octanol–water partition coefficient (Wildman–Crippen LogP) is 3.11. The number of aliphatic imine (C=N–C) groups is 1. The van der Waals surface area contributed by atoms with E-state index in [0.29, 0.717) is 16.8 Å². The summed E-state index contributed by atoms with van der Waals surface area (Å²) >= 11 is 0. The van der Waals surface area contributed by atoms with Gasteiger partial charge in [0.25, 0.3) is 11.4 Å². The summed E-state index contributed by atoms with van der Waals surface area (Å²) in [5.41, 5.74) is 0.263. The lowest BCUT2D eigenvalue weighted by molar-refractivity contribution is -0.396. The number of fused-ring (bicyclic) bond motifs is 1. The Hall–Kier alpha value is -2.31. The summed E-state index contributed by atoms with van der Waals surface area (Å²) in [5.74, 6) is 0. The van der Waals surface area contributed by atoms with Crippen molar-refractivity contribution < 1.29 is 9.85 Å². The zero-order chi connectivity index (χ0) is 14.5. The number of nitro groups is 2. The molecule has 0 radical (unpaired) electrons. The van der Waals surface area contributed by atoms with Gasteiger partial charge in [0.1, 0.15) is 5.56 Å². The highest BCUT2D eigenvalue weighted by molar-refractivity contribution is 5.91. The van der Waals surface area contributed by atoms with Crippen LogP contribution in [-0.2, 0) is 5.41 Å². The molecule has 0 aliphatic carbocycles. The van der Waals surface area contributed by atoms with Crippen LogP contribution >= 0.6 is 0 Å². The van der Waals surface area contributed by atoms with Gasteiger partial charge in [0.05, 0.1) is 26.7 Å². The third-order valence-electron chi connectivity index (χ3n) is 3.42. The molecular formula is C12H13N3O4. The summed E-state index contributed by atoms with van der Waals surface area (Å²) in [6, 6.07) is 0. The Morgan fingerprint density at radius 2 is 1.58 bits per heavy atom. The van der Waals surface area contributed by atoms with Crippen LogP contribution in [-0.4, -0.2) is 16.1 Å². The van der Waals surface area contributed by atoms with E-state index < -0.39 is 15.3 Å². The molecule has 1 aromatic carbocycles. The first-order valence-electron chi connectivity index (χ1n) is 5.70. The number of hydrogen-bond acceptors (Lipinski definition) is 5. The summed E-state index contributed by atoms with van der Waals surface area (Å²) in [6.45, 7) is 6.60. The smallest absolute Gasteiger partial charge is 0.259 e. The van der Waals surface area contributed by atoms with E-state index in [-0.39, 0.29) is 16.9 Å². The maximum atomic E-state index is 11.3. The molecule has 0 unspecified atom stereocenters. The van der Waals surface area contributed by atoms with Crippen molar-refractivity contribution in [2.75, 3.05) is 0 Å². The SMILES string of the molecule is Cc1c2c(c([N+](=O)[O-])c(C)c1[N+](=O)[O-])C(C)(C)C=N2. The van der Waals surface area contributed by atoms with Crippen molar-refractivity contribution in [3.63, 3.8) is 0 Å². The fourth-order valence-electron chi connectivity index (χ4n) is 2.56. The van der Waals surface area contributed by atoms with E-state index in [9.17, 15) is 20.2 Å². The van der Waals surface area contributed by atoms with Gasteiger partial charge in [-0.2, -0.15) is 0 Å². The Balaban J connectivity index is 2.98. The summed E-state index contributed by atoms with van der Waals surface area (Å²) in [4.78, 5) is 25.4. The second-order valence-electron chi connectivity index (χ2n) is 5.16. The quantitative estimate of drug-likeness (QED) is 0.604. The Morgan fingerprint density at radius 3 is 2.05 bits per heavy atom. The maximum absolute atomic E-state index is 11.3. The summed E-state index contributed by atoms with van der Waals surface area (Å²) in [7, 11) is 0. The van der Waals surface area contributed by atoms with Crippen LogP contribution in [0.25, 0.3) is 0 Å². The molecule has 1 aliphatic rings. The minimum atomic E-state index is -0.595. The van der Waals surface area contributed by atoms with E-state index >= 15 is 0 Å². The second-order valence-corrected chi connectivity index (χ2v) is 5.16. The van der Waals surface area contributed by atoms with Gasteiger partial charge in [-0.05, 0) is 13.8 Å². The Bertz CT molecular complexity index is 647. The molecule has 0 spiro atoms. The van der Waals surface area contributed by atoms with Crippen LogP contribution in [0.1, 0.15) is 30.5 Å². The number of hydrogen-bond donors (Lipinski definition) is 0. The van der Waals surface area contributed by atoms with E-state index in [0.717, 1.165) is 0 Å². The first-order chi connectivity index (χ1) is 8.68. The zero-order valence-electron chi connectivity index (χ0n) is 11.1. The average molecular weight is 263 g/mol. The third-order valence-corrected chi connectivity index (χ3v) is 3.42. The fraction of sp³-hybridized carbons (Fsp3) is 0.417. The fourth-order valence-corrected chi connectivity index (χ4v) is 2.56. The van der Waals surface area contributed by atoms with Gasteiger partial charge >= 0.3 is 0 Å². The number of nitrogens with zero attached hydrogens (tertiary/aromatic N) is 3. The standard InChI is InChI=1S/C12H13N3O4/c1-6-9-8(12(3,4)5-13-9)11(15(18)19)7(2)10(6)14(16)17/h5H,1-4H3. The Kier molecular flexibility index (Phi) is 2.65. The minimum Gasteiger partial charge on any atom is -0.259 e. The third kappa shape index (κ3) is 1.69. The maximum Gasteiger partial charge on any atom is 0.285 e. The van der Waals surface area contributed by atoms with Gasteiger partial charge in [-0.15, -0.1) is 0 Å². The molecule has 19 heavy (non-hydrogen) atoms. The topological polar surface area (TPSA) is 98.6 Å². The van der Waals surface area contributed by atoms with Crippen LogP contribution in [0.2, 0.25) is 0 Å². The molecule has 0 saturated carbocycles. The minimum absolute atomic E-state index is 0.0878. The Morgan fingerprint density at radius 1 is 1.05 bits per heavy atom. The van der Waals surface area contributed by atoms with Gasteiger partial charge in [-0.25, -0.2) is 0 Å². The monoisotopic (exact) mass is 263 g/mol. The van der Waals surface area contributed by atoms with Crippen LogP contribution in [0.4, 0.5) is 17.1 Å². The normalized spacial score (nSPS) is 15.4. The summed E-state index contributed by atoms with van der Waals surface area (Å²) in [5, 5.41) is 22.4. The molecule has 0 atom stereocenters. The molecule has 100 valence electrons. The molecule has 7 heteroatoms. The molecule has 0 amide bonds. The van der Waals surface area contributed by atoms with Crippen molar-refractivity contribution in [2.45, 2.75) is 33.1 Å². The van der Waals surface area contributed by atoms with Crippen molar-refractivity contribution in [3.05, 3.63) is 36.9 Å². The lowest BCUT2D eigenvalue weighted by Crippen LogP contribution is -2.18. The van der Waals surface area contributed by atoms with Crippen molar-refractivity contribution in [1.82, 2.24) is 0 Å². The predicted molar refractivity (Wildman–Crippen MR) is 70.4 cm³/mol. The number of rotatable bonds is 2. The van der Waals surface area contributed by atoms with E-state index in [2.05, 4.69) is 4.99 Å². The van der Waals surface area contributed by atoms with E-state index in [1.165, 1.54) is 6.92 Å². The lowest BCUT2D eigenvalue weighted by Gasteiger charge is -2.17. The number of nitro benzene ring substituents is 2. The molecule has 2 rings (SSSR count). The van der Waals surface area contributed by atoms with Crippen LogP contribution in [0.5, 0.6) is 0 Å². The van der Waals surface area contributed by atoms with Gasteiger partial charge in [0, 0.05) is 11.6 Å². The van der Waals surface area contributed by atoms with Crippen LogP contribution < -0.4 is 0 Å². The largest absolute Gasteiger partial charge is 0.285 e. The number of benzene rings is 1. The van der Waals surface area contributed by atoms with E-state index in [1.807, 2.05) is 0 Å². The van der Waals surface area contributed by atoms with Crippen molar-refractivity contribution in [1.29, 1.82) is 0 Å². The van der Waals surface area contributed by atoms with Gasteiger partial charge in [-0.3, -0.25) is 25.2 Å². The highest BCUT2D eigenvalue weighted by atomic mass is 16.6. The van der Waals surface area contributed by atoms with Gasteiger partial charge in [0.15, 0.2) is 0 Å². The molecule has 0 bridgehead atoms. The highest BCUT2D eigenvalue weighted by Crippen LogP contribution is 2.49. The first-order valence-corrected chi connectivity index (χ1v) is 5.70. The second kappa shape index (κ2) is 3.84. The molecule has 1 aliphatic heterocycles. The zero-order valence-corrected chi connectivity index (χ0v) is 11.1. The van der Waals surface area contributed by atoms with Crippen LogP contribution in [0.3, 0.4) is 0 Å². The van der Waals surface area contributed by atoms with Crippen molar-refractivity contribution in [2.24, 2.45) is 4.99 Å². The molecular weight excluding hydrogens is 250 g/mol. The summed E-state index contributed by atoms with van der Waals surface area (Å²) in [6.07, 6.45) is 1.60.